The van der Waals surface area contributed by atoms with Crippen molar-refractivity contribution >= 4 is 11.6 Å². The lowest BCUT2D eigenvalue weighted by atomic mass is 10.2. The van der Waals surface area contributed by atoms with Crippen molar-refractivity contribution in [1.29, 1.82) is 0 Å². The molecule has 1 aromatic rings. The average molecular weight is 289 g/mol. The fourth-order valence-corrected chi connectivity index (χ4v) is 1.45. The molecule has 0 fully saturated rings. The molecule has 0 N–H and O–H groups in total. The Morgan fingerprint density at radius 2 is 1.22 bits per heavy atom. The molecular weight excluding hydrogens is 279 g/mol. The zero-order valence-corrected chi connectivity index (χ0v) is 9.97. The Bertz CT molecular complexity index is 395. The normalized spacial score (nSPS) is 10.8. The van der Waals surface area contributed by atoms with E-state index in [1.54, 1.807) is 0 Å². The van der Waals surface area contributed by atoms with Crippen molar-refractivity contribution in [3.63, 3.8) is 0 Å². The molecule has 1 rings (SSSR count). The van der Waals surface area contributed by atoms with Gasteiger partial charge in [-0.1, -0.05) is 0 Å². The van der Waals surface area contributed by atoms with Gasteiger partial charge in [0.05, 0.1) is 6.61 Å². The van der Waals surface area contributed by atoms with E-state index in [4.69, 9.17) is 11.6 Å². The minimum Gasteiger partial charge on any atom is -0.487 e. The standard InChI is InChI=1S/C11H10ClF5O/c12-4-2-1-3-5-18-11-9(16)7(14)6(13)8(15)10(11)17/h1-5H2. The Morgan fingerprint density at radius 3 is 1.72 bits per heavy atom. The smallest absolute Gasteiger partial charge is 0.206 e. The quantitative estimate of drug-likeness (QED) is 0.251. The lowest BCUT2D eigenvalue weighted by Gasteiger charge is -2.09. The third kappa shape index (κ3) is 3.25. The van der Waals surface area contributed by atoms with Crippen LogP contribution in [-0.4, -0.2) is 12.5 Å². The van der Waals surface area contributed by atoms with Gasteiger partial charge in [-0.05, 0) is 19.3 Å². The lowest BCUT2D eigenvalue weighted by Crippen LogP contribution is -2.08. The Kier molecular flexibility index (Phi) is 5.65. The summed E-state index contributed by atoms with van der Waals surface area (Å²) in [6.07, 6.45) is 1.73. The number of unbranched alkanes of at least 4 members (excludes halogenated alkanes) is 2. The molecule has 0 aliphatic heterocycles. The van der Waals surface area contributed by atoms with E-state index >= 15 is 0 Å². The first-order chi connectivity index (χ1) is 8.50. The number of benzene rings is 1. The fourth-order valence-electron chi connectivity index (χ4n) is 1.26. The number of ether oxygens (including phenoxy) is 1. The highest BCUT2D eigenvalue weighted by Crippen LogP contribution is 2.29. The van der Waals surface area contributed by atoms with Gasteiger partial charge in [0.15, 0.2) is 5.75 Å². The summed E-state index contributed by atoms with van der Waals surface area (Å²) >= 11 is 5.41. The number of hydrogen-bond donors (Lipinski definition) is 0. The van der Waals surface area contributed by atoms with Gasteiger partial charge in [0.1, 0.15) is 0 Å². The molecule has 1 aromatic carbocycles. The molecule has 7 heteroatoms. The van der Waals surface area contributed by atoms with Crippen molar-refractivity contribution in [3.05, 3.63) is 29.1 Å². The van der Waals surface area contributed by atoms with Crippen molar-refractivity contribution in [2.24, 2.45) is 0 Å². The largest absolute Gasteiger partial charge is 0.487 e. The van der Waals surface area contributed by atoms with Gasteiger partial charge in [0, 0.05) is 5.88 Å². The predicted octanol–water partition coefficient (Wildman–Crippen LogP) is 4.17. The maximum Gasteiger partial charge on any atom is 0.206 e. The number of rotatable bonds is 6. The van der Waals surface area contributed by atoms with Gasteiger partial charge >= 0.3 is 0 Å². The Balaban J connectivity index is 2.77. The van der Waals surface area contributed by atoms with Gasteiger partial charge in [-0.3, -0.25) is 0 Å². The zero-order chi connectivity index (χ0) is 13.7. The lowest BCUT2D eigenvalue weighted by molar-refractivity contribution is 0.256. The van der Waals surface area contributed by atoms with Gasteiger partial charge in [-0.25, -0.2) is 13.2 Å². The molecule has 0 aliphatic carbocycles. The van der Waals surface area contributed by atoms with E-state index in [1.165, 1.54) is 0 Å². The molecule has 102 valence electrons. The molecule has 0 bridgehead atoms. The van der Waals surface area contributed by atoms with Crippen LogP contribution in [0.2, 0.25) is 0 Å². The molecule has 18 heavy (non-hydrogen) atoms. The highest BCUT2D eigenvalue weighted by molar-refractivity contribution is 6.17. The molecule has 0 amide bonds. The van der Waals surface area contributed by atoms with Gasteiger partial charge in [0.25, 0.3) is 0 Å². The van der Waals surface area contributed by atoms with Crippen LogP contribution in [0.1, 0.15) is 19.3 Å². The van der Waals surface area contributed by atoms with E-state index in [1.807, 2.05) is 0 Å². The Hall–Kier alpha value is -1.04. The fraction of sp³-hybridized carbons (Fsp3) is 0.455. The van der Waals surface area contributed by atoms with Crippen molar-refractivity contribution in [2.45, 2.75) is 19.3 Å². The SMILES string of the molecule is Fc1c(F)c(F)c(OCCCCCCl)c(F)c1F. The predicted molar refractivity (Wildman–Crippen MR) is 56.3 cm³/mol. The van der Waals surface area contributed by atoms with Gasteiger partial charge in [-0.2, -0.15) is 8.78 Å². The Morgan fingerprint density at radius 1 is 0.722 bits per heavy atom. The van der Waals surface area contributed by atoms with Crippen molar-refractivity contribution in [2.75, 3.05) is 12.5 Å². The molecule has 0 unspecified atom stereocenters. The van der Waals surface area contributed by atoms with Crippen LogP contribution < -0.4 is 4.74 Å². The van der Waals surface area contributed by atoms with E-state index in [0.29, 0.717) is 25.1 Å². The van der Waals surface area contributed by atoms with E-state index in [9.17, 15) is 22.0 Å². The van der Waals surface area contributed by atoms with Crippen LogP contribution >= 0.6 is 11.6 Å². The van der Waals surface area contributed by atoms with Gasteiger partial charge in [-0.15, -0.1) is 11.6 Å². The highest BCUT2D eigenvalue weighted by Gasteiger charge is 2.26. The minimum absolute atomic E-state index is 0.144. The zero-order valence-electron chi connectivity index (χ0n) is 9.21. The van der Waals surface area contributed by atoms with Gasteiger partial charge < -0.3 is 4.74 Å². The first kappa shape index (κ1) is 15.0. The molecule has 0 aliphatic rings. The molecule has 0 radical (unpaired) electrons. The number of alkyl halides is 1. The summed E-state index contributed by atoms with van der Waals surface area (Å²) in [6, 6.07) is 0. The summed E-state index contributed by atoms with van der Waals surface area (Å²) in [5.41, 5.74) is 0. The molecule has 0 saturated heterocycles. The van der Waals surface area contributed by atoms with Crippen LogP contribution in [0.15, 0.2) is 0 Å². The first-order valence-electron chi connectivity index (χ1n) is 5.20. The molecule has 0 saturated carbocycles. The van der Waals surface area contributed by atoms with Crippen LogP contribution in [0.5, 0.6) is 5.75 Å². The van der Waals surface area contributed by atoms with Crippen LogP contribution in [0, 0.1) is 29.1 Å². The average Bonchev–Trinajstić information content (AvgIpc) is 2.37. The van der Waals surface area contributed by atoms with Crippen LogP contribution in [0.3, 0.4) is 0 Å². The van der Waals surface area contributed by atoms with Crippen LogP contribution in [0.4, 0.5) is 22.0 Å². The van der Waals surface area contributed by atoms with Crippen LogP contribution in [-0.2, 0) is 0 Å². The second-order valence-electron chi connectivity index (χ2n) is 3.50. The second-order valence-corrected chi connectivity index (χ2v) is 3.88. The van der Waals surface area contributed by atoms with Crippen LogP contribution in [0.25, 0.3) is 0 Å². The van der Waals surface area contributed by atoms with Crippen molar-refractivity contribution in [3.8, 4) is 5.75 Å². The van der Waals surface area contributed by atoms with Gasteiger partial charge in [0.2, 0.25) is 29.1 Å². The first-order valence-corrected chi connectivity index (χ1v) is 5.74. The monoisotopic (exact) mass is 288 g/mol. The van der Waals surface area contributed by atoms with E-state index < -0.39 is 34.8 Å². The topological polar surface area (TPSA) is 9.23 Å². The summed E-state index contributed by atoms with van der Waals surface area (Å²) < 4.78 is 69.0. The molecule has 0 heterocycles. The van der Waals surface area contributed by atoms with E-state index in [0.717, 1.165) is 0 Å². The van der Waals surface area contributed by atoms with E-state index in [-0.39, 0.29) is 6.61 Å². The third-order valence-electron chi connectivity index (χ3n) is 2.19. The second kappa shape index (κ2) is 6.78. The third-order valence-corrected chi connectivity index (χ3v) is 2.46. The molecule has 0 spiro atoms. The maximum absolute atomic E-state index is 13.1. The summed E-state index contributed by atoms with van der Waals surface area (Å²) in [7, 11) is 0. The number of halogens is 6. The maximum atomic E-state index is 13.1. The molecular formula is C11H10ClF5O. The minimum atomic E-state index is -2.19. The summed E-state index contributed by atoms with van der Waals surface area (Å²) in [5.74, 6) is -10.9. The molecule has 0 aromatic heterocycles. The Labute approximate surface area is 106 Å². The summed E-state index contributed by atoms with van der Waals surface area (Å²) in [4.78, 5) is 0. The van der Waals surface area contributed by atoms with Crippen molar-refractivity contribution < 1.29 is 26.7 Å². The van der Waals surface area contributed by atoms with E-state index in [2.05, 4.69) is 4.74 Å². The molecule has 0 atom stereocenters. The summed E-state index contributed by atoms with van der Waals surface area (Å²) in [6.45, 7) is -0.144. The van der Waals surface area contributed by atoms with Crippen molar-refractivity contribution in [1.82, 2.24) is 0 Å². The number of hydrogen-bond acceptors (Lipinski definition) is 1. The highest BCUT2D eigenvalue weighted by atomic mass is 35.5. The molecule has 1 nitrogen and oxygen atoms in total. The summed E-state index contributed by atoms with van der Waals surface area (Å²) in [5, 5.41) is 0.